The number of hydrogen-bond donors (Lipinski definition) is 2. The number of para-hydroxylation sites is 1. The molecule has 0 bridgehead atoms. The molecule has 0 radical (unpaired) electrons. The van der Waals surface area contributed by atoms with Gasteiger partial charge in [0.15, 0.2) is 0 Å². The lowest BCUT2D eigenvalue weighted by Crippen LogP contribution is -2.59. The minimum atomic E-state index is -0.932. The number of rotatable bonds is 5. The molecular formula is C16H24N2O2. The lowest BCUT2D eigenvalue weighted by molar-refractivity contribution is -0.144. The average Bonchev–Trinajstić information content (AvgIpc) is 2.38. The van der Waals surface area contributed by atoms with Crippen molar-refractivity contribution in [2.45, 2.75) is 45.2 Å². The smallest absolute Gasteiger partial charge is 0.325 e. The largest absolute Gasteiger partial charge is 0.480 e. The Hall–Kier alpha value is -1.55. The average molecular weight is 276 g/mol. The fourth-order valence-electron chi connectivity index (χ4n) is 2.97. The predicted octanol–water partition coefficient (Wildman–Crippen LogP) is 2.28. The maximum Gasteiger partial charge on any atom is 0.325 e. The van der Waals surface area contributed by atoms with Crippen molar-refractivity contribution in [3.63, 3.8) is 0 Å². The van der Waals surface area contributed by atoms with Crippen molar-refractivity contribution in [2.75, 3.05) is 18.0 Å². The number of benzene rings is 1. The molecule has 0 spiro atoms. The summed E-state index contributed by atoms with van der Waals surface area (Å²) in [6.45, 7) is 7.13. The van der Waals surface area contributed by atoms with Crippen LogP contribution in [0, 0.1) is 0 Å². The van der Waals surface area contributed by atoms with Crippen molar-refractivity contribution in [3.8, 4) is 0 Å². The van der Waals surface area contributed by atoms with Crippen LogP contribution in [0.15, 0.2) is 24.3 Å². The van der Waals surface area contributed by atoms with E-state index in [-0.39, 0.29) is 6.04 Å². The van der Waals surface area contributed by atoms with Crippen molar-refractivity contribution >= 4 is 11.7 Å². The molecule has 1 aromatic carbocycles. The van der Waals surface area contributed by atoms with E-state index in [1.54, 1.807) is 6.92 Å². The molecule has 1 unspecified atom stereocenters. The Morgan fingerprint density at radius 1 is 1.45 bits per heavy atom. The number of aryl methyl sites for hydroxylation is 1. The van der Waals surface area contributed by atoms with E-state index in [9.17, 15) is 9.90 Å². The van der Waals surface area contributed by atoms with Crippen LogP contribution in [0.1, 0.15) is 32.8 Å². The van der Waals surface area contributed by atoms with Crippen LogP contribution in [0.25, 0.3) is 0 Å². The van der Waals surface area contributed by atoms with Crippen molar-refractivity contribution in [2.24, 2.45) is 0 Å². The van der Waals surface area contributed by atoms with Crippen LogP contribution in [-0.2, 0) is 11.2 Å². The Balaban J connectivity index is 2.22. The number of carbonyl (C=O) groups is 1. The number of nitrogens with one attached hydrogen (secondary N) is 1. The summed E-state index contributed by atoms with van der Waals surface area (Å²) in [7, 11) is 0. The molecule has 4 heteroatoms. The lowest BCUT2D eigenvalue weighted by atomic mass is 9.96. The highest BCUT2D eigenvalue weighted by atomic mass is 16.4. The topological polar surface area (TPSA) is 52.6 Å². The molecule has 2 N–H and O–H groups in total. The standard InChI is InChI=1S/C16H24N2O2/c1-12(2)17-16(3,15(19)20)11-18-10-6-8-13-7-4-5-9-14(13)18/h4-5,7,9,12,17H,6,8,10-11H2,1-3H3,(H,19,20). The summed E-state index contributed by atoms with van der Waals surface area (Å²) < 4.78 is 0. The normalized spacial score (nSPS) is 17.7. The first kappa shape index (κ1) is 14.9. The fraction of sp³-hybridized carbons (Fsp3) is 0.562. The van der Waals surface area contributed by atoms with Crippen LogP contribution in [0.3, 0.4) is 0 Å². The van der Waals surface area contributed by atoms with Gasteiger partial charge in [-0.15, -0.1) is 0 Å². The SMILES string of the molecule is CC(C)NC(C)(CN1CCCc2ccccc21)C(=O)O. The van der Waals surface area contributed by atoms with Gasteiger partial charge in [0.2, 0.25) is 0 Å². The van der Waals surface area contributed by atoms with Gasteiger partial charge < -0.3 is 10.0 Å². The van der Waals surface area contributed by atoms with Gasteiger partial charge in [0.25, 0.3) is 0 Å². The zero-order chi connectivity index (χ0) is 14.8. The molecule has 1 atom stereocenters. The molecule has 0 saturated heterocycles. The Bertz CT molecular complexity index is 487. The van der Waals surface area contributed by atoms with Gasteiger partial charge in [0, 0.05) is 24.8 Å². The summed E-state index contributed by atoms with van der Waals surface area (Å²) in [4.78, 5) is 13.9. The zero-order valence-electron chi connectivity index (χ0n) is 12.5. The highest BCUT2D eigenvalue weighted by molar-refractivity contribution is 5.79. The maximum absolute atomic E-state index is 11.7. The van der Waals surface area contributed by atoms with Crippen LogP contribution < -0.4 is 10.2 Å². The molecule has 1 aromatic rings. The van der Waals surface area contributed by atoms with Gasteiger partial charge in [-0.25, -0.2) is 0 Å². The lowest BCUT2D eigenvalue weighted by Gasteiger charge is -2.38. The minimum absolute atomic E-state index is 0.135. The predicted molar refractivity (Wildman–Crippen MR) is 81.3 cm³/mol. The van der Waals surface area contributed by atoms with Crippen LogP contribution >= 0.6 is 0 Å². The monoisotopic (exact) mass is 276 g/mol. The van der Waals surface area contributed by atoms with E-state index in [4.69, 9.17) is 0 Å². The third-order valence-corrected chi connectivity index (χ3v) is 3.79. The van der Waals surface area contributed by atoms with E-state index in [1.807, 2.05) is 26.0 Å². The number of carboxylic acids is 1. The van der Waals surface area contributed by atoms with Crippen molar-refractivity contribution in [3.05, 3.63) is 29.8 Å². The Labute approximate surface area is 120 Å². The van der Waals surface area contributed by atoms with E-state index < -0.39 is 11.5 Å². The van der Waals surface area contributed by atoms with Crippen molar-refractivity contribution < 1.29 is 9.90 Å². The molecule has 0 aromatic heterocycles. The van der Waals surface area contributed by atoms with Crippen LogP contribution in [0.2, 0.25) is 0 Å². The quantitative estimate of drug-likeness (QED) is 0.866. The van der Waals surface area contributed by atoms with Gasteiger partial charge >= 0.3 is 5.97 Å². The zero-order valence-corrected chi connectivity index (χ0v) is 12.5. The molecule has 0 aliphatic carbocycles. The second-order valence-electron chi connectivity index (χ2n) is 6.09. The Morgan fingerprint density at radius 3 is 2.80 bits per heavy atom. The first-order valence-corrected chi connectivity index (χ1v) is 7.26. The van der Waals surface area contributed by atoms with Crippen molar-refractivity contribution in [1.82, 2.24) is 5.32 Å². The molecule has 2 rings (SSSR count). The van der Waals surface area contributed by atoms with Gasteiger partial charge in [-0.2, -0.15) is 0 Å². The molecule has 4 nitrogen and oxygen atoms in total. The molecular weight excluding hydrogens is 252 g/mol. The van der Waals surface area contributed by atoms with E-state index >= 15 is 0 Å². The highest BCUT2D eigenvalue weighted by Crippen LogP contribution is 2.28. The molecule has 1 heterocycles. The number of carboxylic acid groups (broad SMARTS) is 1. The maximum atomic E-state index is 11.7. The summed E-state index contributed by atoms with van der Waals surface area (Å²) in [5.41, 5.74) is 1.56. The third kappa shape index (κ3) is 3.12. The second-order valence-corrected chi connectivity index (χ2v) is 6.09. The molecule has 0 saturated carbocycles. The van der Waals surface area contributed by atoms with E-state index in [2.05, 4.69) is 22.3 Å². The number of nitrogens with zero attached hydrogens (tertiary/aromatic N) is 1. The van der Waals surface area contributed by atoms with E-state index in [1.165, 1.54) is 11.3 Å². The van der Waals surface area contributed by atoms with Crippen LogP contribution in [0.4, 0.5) is 5.69 Å². The van der Waals surface area contributed by atoms with E-state index in [0.29, 0.717) is 6.54 Å². The van der Waals surface area contributed by atoms with E-state index in [0.717, 1.165) is 19.4 Å². The Morgan fingerprint density at radius 2 is 2.15 bits per heavy atom. The van der Waals surface area contributed by atoms with Crippen LogP contribution in [-0.4, -0.2) is 35.7 Å². The third-order valence-electron chi connectivity index (χ3n) is 3.79. The van der Waals surface area contributed by atoms with Gasteiger partial charge in [0.1, 0.15) is 5.54 Å². The van der Waals surface area contributed by atoms with Gasteiger partial charge in [0.05, 0.1) is 0 Å². The number of aliphatic carboxylic acids is 1. The molecule has 1 aliphatic rings. The summed E-state index contributed by atoms with van der Waals surface area (Å²) >= 11 is 0. The van der Waals surface area contributed by atoms with Crippen molar-refractivity contribution in [1.29, 1.82) is 0 Å². The number of hydrogen-bond acceptors (Lipinski definition) is 3. The minimum Gasteiger partial charge on any atom is -0.480 e. The summed E-state index contributed by atoms with van der Waals surface area (Å²) in [5.74, 6) is -0.797. The van der Waals surface area contributed by atoms with Gasteiger partial charge in [-0.05, 0) is 45.2 Å². The summed E-state index contributed by atoms with van der Waals surface area (Å²) in [6, 6.07) is 8.42. The molecule has 0 fully saturated rings. The number of fused-ring (bicyclic) bond motifs is 1. The van der Waals surface area contributed by atoms with Gasteiger partial charge in [-0.1, -0.05) is 18.2 Å². The summed E-state index contributed by atoms with van der Waals surface area (Å²) in [6.07, 6.45) is 2.16. The van der Waals surface area contributed by atoms with Crippen LogP contribution in [0.5, 0.6) is 0 Å². The first-order chi connectivity index (χ1) is 9.42. The molecule has 0 amide bonds. The highest BCUT2D eigenvalue weighted by Gasteiger charge is 2.36. The number of anilines is 1. The second kappa shape index (κ2) is 5.83. The van der Waals surface area contributed by atoms with Gasteiger partial charge in [-0.3, -0.25) is 10.1 Å². The fourth-order valence-corrected chi connectivity index (χ4v) is 2.97. The Kier molecular flexibility index (Phi) is 4.33. The molecule has 110 valence electrons. The molecule has 1 aliphatic heterocycles. The first-order valence-electron chi connectivity index (χ1n) is 7.26. The molecule has 20 heavy (non-hydrogen) atoms. The summed E-state index contributed by atoms with van der Waals surface area (Å²) in [5, 5.41) is 12.8.